The van der Waals surface area contributed by atoms with Crippen molar-refractivity contribution < 1.29 is 14.2 Å². The molecule has 3 aromatic heterocycles. The maximum Gasteiger partial charge on any atom is 0.213 e. The van der Waals surface area contributed by atoms with Gasteiger partial charge in [-0.1, -0.05) is 0 Å². The van der Waals surface area contributed by atoms with Gasteiger partial charge in [-0.05, 0) is 43.4 Å². The molecule has 168 valence electrons. The highest BCUT2D eigenvalue weighted by Gasteiger charge is 2.21. The number of nitrogens with zero attached hydrogens (tertiary/aromatic N) is 3. The number of methoxy groups -OCH3 is 1. The molecular formula is C24H29N5O3. The van der Waals surface area contributed by atoms with Crippen molar-refractivity contribution >= 4 is 11.0 Å². The second-order valence-corrected chi connectivity index (χ2v) is 8.31. The van der Waals surface area contributed by atoms with Crippen molar-refractivity contribution in [1.29, 1.82) is 0 Å². The van der Waals surface area contributed by atoms with Crippen LogP contribution < -0.4 is 24.8 Å². The Bertz CT molecular complexity index is 1070. The van der Waals surface area contributed by atoms with Crippen LogP contribution in [0.25, 0.3) is 11.0 Å². The summed E-state index contributed by atoms with van der Waals surface area (Å²) in [5, 5.41) is 7.33. The van der Waals surface area contributed by atoms with E-state index in [1.165, 1.54) is 5.56 Å². The minimum atomic E-state index is 0.439. The van der Waals surface area contributed by atoms with E-state index in [-0.39, 0.29) is 0 Å². The van der Waals surface area contributed by atoms with Gasteiger partial charge in [0.15, 0.2) is 11.5 Å². The zero-order valence-corrected chi connectivity index (χ0v) is 18.3. The van der Waals surface area contributed by atoms with Crippen LogP contribution in [-0.4, -0.2) is 53.9 Å². The van der Waals surface area contributed by atoms with E-state index in [0.29, 0.717) is 31.2 Å². The van der Waals surface area contributed by atoms with E-state index in [0.717, 1.165) is 67.0 Å². The third kappa shape index (κ3) is 4.76. The Morgan fingerprint density at radius 2 is 2.03 bits per heavy atom. The zero-order chi connectivity index (χ0) is 21.8. The van der Waals surface area contributed by atoms with Crippen LogP contribution in [-0.2, 0) is 13.0 Å². The standard InChI is InChI=1S/C24H29N5O3/c1-30-23-7-6-20-24(29-23)16(8-9-25-20)2-3-17-4-5-18(13-26-17)27-14-19-12-21-22(15-28-19)32-11-10-31-21/h6-9,12,15,17-18,26-27H,2-5,10-11,13-14H2,1H3/t17-,18-/m0/s1. The van der Waals surface area contributed by atoms with Gasteiger partial charge < -0.3 is 24.8 Å². The highest BCUT2D eigenvalue weighted by Crippen LogP contribution is 2.29. The Kier molecular flexibility index (Phi) is 6.31. The van der Waals surface area contributed by atoms with Crippen LogP contribution in [0.5, 0.6) is 17.4 Å². The molecule has 5 heterocycles. The van der Waals surface area contributed by atoms with Crippen LogP contribution in [0.15, 0.2) is 36.7 Å². The number of piperidine rings is 1. The smallest absolute Gasteiger partial charge is 0.213 e. The van der Waals surface area contributed by atoms with E-state index in [1.54, 1.807) is 13.3 Å². The number of pyridine rings is 3. The van der Waals surface area contributed by atoms with Gasteiger partial charge in [-0.15, -0.1) is 0 Å². The number of hydrogen-bond donors (Lipinski definition) is 2. The van der Waals surface area contributed by atoms with E-state index in [2.05, 4.69) is 31.7 Å². The summed E-state index contributed by atoms with van der Waals surface area (Å²) >= 11 is 0. The Hall–Kier alpha value is -2.97. The largest absolute Gasteiger partial charge is 0.486 e. The van der Waals surface area contributed by atoms with Gasteiger partial charge in [-0.25, -0.2) is 4.98 Å². The Balaban J connectivity index is 1.10. The van der Waals surface area contributed by atoms with Crippen LogP contribution >= 0.6 is 0 Å². The molecule has 0 saturated carbocycles. The molecule has 0 aromatic carbocycles. The summed E-state index contributed by atoms with van der Waals surface area (Å²) in [6.45, 7) is 2.86. The molecule has 1 saturated heterocycles. The Labute approximate surface area is 187 Å². The lowest BCUT2D eigenvalue weighted by molar-refractivity contribution is 0.170. The topological polar surface area (TPSA) is 90.4 Å². The highest BCUT2D eigenvalue weighted by molar-refractivity contribution is 5.78. The average Bonchev–Trinajstić information content (AvgIpc) is 2.86. The number of ether oxygens (including phenoxy) is 3. The lowest BCUT2D eigenvalue weighted by Crippen LogP contribution is -2.47. The van der Waals surface area contributed by atoms with E-state index >= 15 is 0 Å². The van der Waals surface area contributed by atoms with Gasteiger partial charge >= 0.3 is 0 Å². The maximum atomic E-state index is 5.65. The normalized spacial score (nSPS) is 20.3. The molecule has 1 fully saturated rings. The van der Waals surface area contributed by atoms with Crippen molar-refractivity contribution in [3.05, 3.63) is 47.9 Å². The van der Waals surface area contributed by atoms with Crippen molar-refractivity contribution in [3.8, 4) is 17.4 Å². The van der Waals surface area contributed by atoms with Crippen LogP contribution in [0.3, 0.4) is 0 Å². The van der Waals surface area contributed by atoms with E-state index in [9.17, 15) is 0 Å². The first-order chi connectivity index (χ1) is 15.8. The fraction of sp³-hybridized carbons (Fsp3) is 0.458. The molecule has 0 unspecified atom stereocenters. The van der Waals surface area contributed by atoms with Gasteiger partial charge in [0.25, 0.3) is 0 Å². The molecule has 0 spiro atoms. The summed E-state index contributed by atoms with van der Waals surface area (Å²) in [6.07, 6.45) is 7.96. The lowest BCUT2D eigenvalue weighted by atomic mass is 9.95. The molecule has 32 heavy (non-hydrogen) atoms. The molecule has 0 radical (unpaired) electrons. The molecule has 2 N–H and O–H groups in total. The first-order valence-electron chi connectivity index (χ1n) is 11.3. The summed E-state index contributed by atoms with van der Waals surface area (Å²) < 4.78 is 16.5. The second kappa shape index (κ2) is 9.67. The number of aryl methyl sites for hydroxylation is 1. The monoisotopic (exact) mass is 435 g/mol. The predicted molar refractivity (Wildman–Crippen MR) is 121 cm³/mol. The van der Waals surface area contributed by atoms with Crippen molar-refractivity contribution in [1.82, 2.24) is 25.6 Å². The molecule has 5 rings (SSSR count). The molecule has 2 aliphatic heterocycles. The first kappa shape index (κ1) is 20.9. The third-order valence-corrected chi connectivity index (χ3v) is 6.19. The molecule has 3 aromatic rings. The third-order valence-electron chi connectivity index (χ3n) is 6.19. The summed E-state index contributed by atoms with van der Waals surface area (Å²) in [7, 11) is 1.64. The summed E-state index contributed by atoms with van der Waals surface area (Å²) in [5.74, 6) is 2.15. The summed E-state index contributed by atoms with van der Waals surface area (Å²) in [6, 6.07) is 8.82. The van der Waals surface area contributed by atoms with Gasteiger partial charge in [0.2, 0.25) is 5.88 Å². The van der Waals surface area contributed by atoms with Gasteiger partial charge in [0.05, 0.1) is 30.0 Å². The second-order valence-electron chi connectivity index (χ2n) is 8.31. The molecule has 8 heteroatoms. The average molecular weight is 436 g/mol. The van der Waals surface area contributed by atoms with Gasteiger partial charge in [0.1, 0.15) is 13.2 Å². The van der Waals surface area contributed by atoms with Gasteiger partial charge in [-0.3, -0.25) is 9.97 Å². The fourth-order valence-corrected chi connectivity index (χ4v) is 4.38. The Morgan fingerprint density at radius 3 is 2.88 bits per heavy atom. The number of rotatable bonds is 7. The van der Waals surface area contributed by atoms with Gasteiger partial charge in [0, 0.05) is 43.5 Å². The van der Waals surface area contributed by atoms with Crippen LogP contribution in [0, 0.1) is 0 Å². The first-order valence-corrected chi connectivity index (χ1v) is 11.3. The lowest BCUT2D eigenvalue weighted by Gasteiger charge is -2.30. The fourth-order valence-electron chi connectivity index (χ4n) is 4.38. The number of nitrogens with one attached hydrogen (secondary N) is 2. The quantitative estimate of drug-likeness (QED) is 0.585. The maximum absolute atomic E-state index is 5.65. The molecule has 0 aliphatic carbocycles. The van der Waals surface area contributed by atoms with Crippen LogP contribution in [0.1, 0.15) is 30.5 Å². The molecular weight excluding hydrogens is 406 g/mol. The summed E-state index contributed by atoms with van der Waals surface area (Å²) in [5.41, 5.74) is 4.05. The van der Waals surface area contributed by atoms with Crippen molar-refractivity contribution in [2.45, 2.75) is 44.3 Å². The molecule has 0 amide bonds. The highest BCUT2D eigenvalue weighted by atomic mass is 16.6. The van der Waals surface area contributed by atoms with Crippen LogP contribution in [0.2, 0.25) is 0 Å². The predicted octanol–water partition coefficient (Wildman–Crippen LogP) is 2.65. The number of hydrogen-bond acceptors (Lipinski definition) is 8. The van der Waals surface area contributed by atoms with Crippen molar-refractivity contribution in [2.75, 3.05) is 26.9 Å². The minimum absolute atomic E-state index is 0.439. The van der Waals surface area contributed by atoms with Crippen molar-refractivity contribution in [2.24, 2.45) is 0 Å². The van der Waals surface area contributed by atoms with E-state index in [4.69, 9.17) is 14.2 Å². The zero-order valence-electron chi connectivity index (χ0n) is 18.3. The molecule has 0 bridgehead atoms. The minimum Gasteiger partial charge on any atom is -0.486 e. The number of fused-ring (bicyclic) bond motifs is 2. The Morgan fingerprint density at radius 1 is 1.12 bits per heavy atom. The SMILES string of the molecule is COc1ccc2nccc(CC[C@H]3CC[C@H](NCc4cc5c(cn4)OCCO5)CN3)c2n1. The molecule has 2 aliphatic rings. The van der Waals surface area contributed by atoms with E-state index < -0.39 is 0 Å². The molecule has 8 nitrogen and oxygen atoms in total. The van der Waals surface area contributed by atoms with Crippen molar-refractivity contribution in [3.63, 3.8) is 0 Å². The van der Waals surface area contributed by atoms with Gasteiger partial charge in [-0.2, -0.15) is 0 Å². The van der Waals surface area contributed by atoms with E-state index in [1.807, 2.05) is 24.4 Å². The van der Waals surface area contributed by atoms with Crippen LogP contribution in [0.4, 0.5) is 0 Å². The summed E-state index contributed by atoms with van der Waals surface area (Å²) in [4.78, 5) is 13.5. The molecule has 2 atom stereocenters. The number of aromatic nitrogens is 3.